The van der Waals surface area contributed by atoms with Crippen LogP contribution in [0.25, 0.3) is 0 Å². The fraction of sp³-hybridized carbons (Fsp3) is 0.870. The second-order valence-electron chi connectivity index (χ2n) is 15.4. The van der Waals surface area contributed by atoms with Crippen LogP contribution in [-0.2, 0) is 14.3 Å². The maximum atomic E-state index is 12.3. The fourth-order valence-electron chi connectivity index (χ4n) is 6.68. The Kier molecular flexibility index (Phi) is 40.7. The number of unbranched alkanes of at least 4 members (excludes halogenated alkanes) is 28. The van der Waals surface area contributed by atoms with Crippen LogP contribution in [0.4, 0.5) is 0 Å². The predicted octanol–water partition coefficient (Wildman–Crippen LogP) is 12.8. The lowest BCUT2D eigenvalue weighted by molar-refractivity contribution is -0.143. The van der Waals surface area contributed by atoms with Crippen LogP contribution >= 0.6 is 0 Å². The summed E-state index contributed by atoms with van der Waals surface area (Å²) in [5.41, 5.74) is 0. The number of carbonyl (C=O) groups is 2. The Balaban J connectivity index is 3.52. The van der Waals surface area contributed by atoms with Gasteiger partial charge in [-0.05, 0) is 57.8 Å². The highest BCUT2D eigenvalue weighted by Crippen LogP contribution is 2.15. The molecule has 0 spiro atoms. The van der Waals surface area contributed by atoms with Gasteiger partial charge in [0.2, 0.25) is 5.91 Å². The van der Waals surface area contributed by atoms with E-state index in [1.165, 1.54) is 122 Å². The Labute approximate surface area is 322 Å². The lowest BCUT2D eigenvalue weighted by atomic mass is 10.0. The summed E-state index contributed by atoms with van der Waals surface area (Å²) in [5.74, 6) is -0.132. The molecular formula is C46H87NO5. The standard InChI is InChI=1S/C46H87NO5/c1-3-5-7-9-11-13-14-15-16-17-20-24-28-32-36-40-46(51)52-41-37-33-29-25-21-18-19-23-27-31-35-39-45(50)47-43(42-48)44(49)38-34-30-26-22-12-10-8-6-4-2/h21,25,34,38,43-44,48-49H,3-20,22-24,26-33,35-37,39-42H2,1-2H3,(H,47,50)/b25-21-,38-34+. The van der Waals surface area contributed by atoms with Crippen molar-refractivity contribution in [2.24, 2.45) is 0 Å². The number of ether oxygens (including phenoxy) is 1. The summed E-state index contributed by atoms with van der Waals surface area (Å²) in [6.07, 6.45) is 47.4. The van der Waals surface area contributed by atoms with Crippen LogP contribution in [0.1, 0.15) is 232 Å². The number of carbonyl (C=O) groups excluding carboxylic acids is 2. The van der Waals surface area contributed by atoms with Crippen molar-refractivity contribution >= 4 is 11.9 Å². The second-order valence-corrected chi connectivity index (χ2v) is 15.4. The molecule has 3 N–H and O–H groups in total. The zero-order valence-electron chi connectivity index (χ0n) is 34.5. The van der Waals surface area contributed by atoms with Crippen molar-refractivity contribution in [1.29, 1.82) is 0 Å². The largest absolute Gasteiger partial charge is 0.466 e. The lowest BCUT2D eigenvalue weighted by Gasteiger charge is -2.20. The molecule has 52 heavy (non-hydrogen) atoms. The second kappa shape index (κ2) is 42.1. The van der Waals surface area contributed by atoms with E-state index in [4.69, 9.17) is 4.74 Å². The van der Waals surface area contributed by atoms with Crippen molar-refractivity contribution < 1.29 is 24.5 Å². The Morgan fingerprint density at radius 1 is 0.519 bits per heavy atom. The minimum Gasteiger partial charge on any atom is -0.466 e. The number of esters is 1. The van der Waals surface area contributed by atoms with Gasteiger partial charge in [0.05, 0.1) is 25.4 Å². The summed E-state index contributed by atoms with van der Waals surface area (Å²) in [6.45, 7) is 4.78. The Morgan fingerprint density at radius 3 is 1.37 bits per heavy atom. The predicted molar refractivity (Wildman–Crippen MR) is 223 cm³/mol. The molecule has 0 heterocycles. The molecule has 2 unspecified atom stereocenters. The first-order valence-corrected chi connectivity index (χ1v) is 22.6. The van der Waals surface area contributed by atoms with Gasteiger partial charge in [0.1, 0.15) is 0 Å². The zero-order valence-corrected chi connectivity index (χ0v) is 34.5. The average molecular weight is 734 g/mol. The highest BCUT2D eigenvalue weighted by atomic mass is 16.5. The molecule has 0 aromatic rings. The molecule has 0 saturated heterocycles. The topological polar surface area (TPSA) is 95.9 Å². The van der Waals surface area contributed by atoms with Crippen molar-refractivity contribution in [2.75, 3.05) is 13.2 Å². The van der Waals surface area contributed by atoms with Gasteiger partial charge in [-0.25, -0.2) is 0 Å². The van der Waals surface area contributed by atoms with Crippen LogP contribution < -0.4 is 5.32 Å². The SMILES string of the molecule is CCCCCCCCC/C=C/C(O)C(CO)NC(=O)CCCCCCC/C=C\CCCCOC(=O)CCCCCCCCCCCCCCCCC. The number of hydrogen-bond acceptors (Lipinski definition) is 5. The molecule has 0 aromatic carbocycles. The molecule has 0 fully saturated rings. The molecule has 0 saturated carbocycles. The van der Waals surface area contributed by atoms with Gasteiger partial charge in [-0.2, -0.15) is 0 Å². The summed E-state index contributed by atoms with van der Waals surface area (Å²) in [5, 5.41) is 22.8. The molecule has 0 aliphatic rings. The van der Waals surface area contributed by atoms with Crippen LogP contribution in [0.15, 0.2) is 24.3 Å². The molecule has 0 aliphatic heterocycles. The van der Waals surface area contributed by atoms with E-state index < -0.39 is 12.1 Å². The first-order valence-electron chi connectivity index (χ1n) is 22.6. The van der Waals surface area contributed by atoms with E-state index in [2.05, 4.69) is 31.3 Å². The van der Waals surface area contributed by atoms with Crippen LogP contribution in [-0.4, -0.2) is 47.4 Å². The summed E-state index contributed by atoms with van der Waals surface area (Å²) in [7, 11) is 0. The van der Waals surface area contributed by atoms with Crippen LogP contribution in [0.2, 0.25) is 0 Å². The molecule has 0 rings (SSSR count). The van der Waals surface area contributed by atoms with Gasteiger partial charge in [0.15, 0.2) is 0 Å². The first-order chi connectivity index (χ1) is 25.5. The Hall–Kier alpha value is -1.66. The third-order valence-corrected chi connectivity index (χ3v) is 10.2. The Morgan fingerprint density at radius 2 is 0.904 bits per heavy atom. The normalized spacial score (nSPS) is 12.9. The van der Waals surface area contributed by atoms with Gasteiger partial charge in [-0.1, -0.05) is 186 Å². The van der Waals surface area contributed by atoms with Gasteiger partial charge in [-0.15, -0.1) is 0 Å². The van der Waals surface area contributed by atoms with E-state index in [9.17, 15) is 19.8 Å². The molecule has 306 valence electrons. The molecule has 0 radical (unpaired) electrons. The number of nitrogens with one attached hydrogen (secondary N) is 1. The number of amides is 1. The average Bonchev–Trinajstić information content (AvgIpc) is 3.14. The van der Waals surface area contributed by atoms with Crippen molar-refractivity contribution in [1.82, 2.24) is 5.32 Å². The summed E-state index contributed by atoms with van der Waals surface area (Å²) in [6, 6.07) is -0.645. The molecule has 0 bridgehead atoms. The zero-order chi connectivity index (χ0) is 38.0. The van der Waals surface area contributed by atoms with Gasteiger partial charge in [0.25, 0.3) is 0 Å². The summed E-state index contributed by atoms with van der Waals surface area (Å²) >= 11 is 0. The quantitative estimate of drug-likeness (QED) is 0.0330. The van der Waals surface area contributed by atoms with E-state index in [1.807, 2.05) is 6.08 Å². The van der Waals surface area contributed by atoms with Gasteiger partial charge < -0.3 is 20.3 Å². The summed E-state index contributed by atoms with van der Waals surface area (Å²) in [4.78, 5) is 24.3. The molecule has 2 atom stereocenters. The van der Waals surface area contributed by atoms with Gasteiger partial charge >= 0.3 is 5.97 Å². The molecular weight excluding hydrogens is 647 g/mol. The van der Waals surface area contributed by atoms with Crippen molar-refractivity contribution in [3.8, 4) is 0 Å². The summed E-state index contributed by atoms with van der Waals surface area (Å²) < 4.78 is 5.43. The van der Waals surface area contributed by atoms with Crippen molar-refractivity contribution in [2.45, 2.75) is 244 Å². The third-order valence-electron chi connectivity index (χ3n) is 10.2. The minimum atomic E-state index is -0.859. The van der Waals surface area contributed by atoms with Gasteiger partial charge in [-0.3, -0.25) is 9.59 Å². The van der Waals surface area contributed by atoms with Gasteiger partial charge in [0, 0.05) is 12.8 Å². The minimum absolute atomic E-state index is 0.0315. The number of allylic oxidation sites excluding steroid dienone is 3. The maximum Gasteiger partial charge on any atom is 0.305 e. The number of hydrogen-bond donors (Lipinski definition) is 3. The maximum absolute atomic E-state index is 12.3. The fourth-order valence-corrected chi connectivity index (χ4v) is 6.68. The smallest absolute Gasteiger partial charge is 0.305 e. The third kappa shape index (κ3) is 38.1. The molecule has 6 heteroatoms. The van der Waals surface area contributed by atoms with Crippen LogP contribution in [0.3, 0.4) is 0 Å². The highest BCUT2D eigenvalue weighted by Gasteiger charge is 2.18. The molecule has 0 aromatic heterocycles. The Bertz CT molecular complexity index is 813. The van der Waals surface area contributed by atoms with Crippen LogP contribution in [0, 0.1) is 0 Å². The molecule has 0 aliphatic carbocycles. The first kappa shape index (κ1) is 50.3. The number of aliphatic hydroxyl groups excluding tert-OH is 2. The monoisotopic (exact) mass is 734 g/mol. The van der Waals surface area contributed by atoms with E-state index in [-0.39, 0.29) is 18.5 Å². The van der Waals surface area contributed by atoms with Crippen molar-refractivity contribution in [3.05, 3.63) is 24.3 Å². The van der Waals surface area contributed by atoms with Crippen LogP contribution in [0.5, 0.6) is 0 Å². The lowest BCUT2D eigenvalue weighted by Crippen LogP contribution is -2.45. The van der Waals surface area contributed by atoms with E-state index >= 15 is 0 Å². The molecule has 1 amide bonds. The van der Waals surface area contributed by atoms with Crippen molar-refractivity contribution in [3.63, 3.8) is 0 Å². The number of aliphatic hydroxyl groups is 2. The van der Waals surface area contributed by atoms with E-state index in [0.29, 0.717) is 19.4 Å². The molecule has 6 nitrogen and oxygen atoms in total. The van der Waals surface area contributed by atoms with E-state index in [1.54, 1.807) is 6.08 Å². The highest BCUT2D eigenvalue weighted by molar-refractivity contribution is 5.76. The number of rotatable bonds is 41. The van der Waals surface area contributed by atoms with E-state index in [0.717, 1.165) is 83.5 Å².